The number of rotatable bonds is 6. The fraction of sp³-hybridized carbons (Fsp3) is 0.0714. The summed E-state index contributed by atoms with van der Waals surface area (Å²) < 4.78 is 0.861. The molecule has 2 rings (SSSR count). The molecule has 24 heavy (non-hydrogen) atoms. The molecule has 0 radical (unpaired) electrons. The Morgan fingerprint density at radius 2 is 1.46 bits per heavy atom. The van der Waals surface area contributed by atoms with Gasteiger partial charge in [-0.05, 0) is 44.0 Å². The first kappa shape index (κ1) is 18.0. The molecule has 0 unspecified atom stereocenters. The van der Waals surface area contributed by atoms with Crippen LogP contribution in [0.15, 0.2) is 45.3 Å². The van der Waals surface area contributed by atoms with E-state index in [1.165, 1.54) is 36.4 Å². The number of benzene rings is 2. The van der Waals surface area contributed by atoms with Gasteiger partial charge in [-0.2, -0.15) is 0 Å². The largest absolute Gasteiger partial charge is 0.376 e. The Hall–Kier alpha value is -2.33. The number of anilines is 1. The topological polar surface area (TPSA) is 115 Å². The smallest absolute Gasteiger partial charge is 0.271 e. The van der Waals surface area contributed by atoms with Crippen molar-refractivity contribution >= 4 is 54.7 Å². The van der Waals surface area contributed by atoms with Crippen LogP contribution in [-0.2, 0) is 0 Å². The highest BCUT2D eigenvalue weighted by Crippen LogP contribution is 2.35. The van der Waals surface area contributed by atoms with Crippen molar-refractivity contribution in [2.75, 3.05) is 11.9 Å². The lowest BCUT2D eigenvalue weighted by Crippen LogP contribution is -2.14. The molecule has 0 aliphatic heterocycles. The van der Waals surface area contributed by atoms with Crippen molar-refractivity contribution in [2.24, 2.45) is 0 Å². The predicted molar refractivity (Wildman–Crippen MR) is 94.4 cm³/mol. The van der Waals surface area contributed by atoms with Crippen molar-refractivity contribution in [3.8, 4) is 0 Å². The zero-order valence-corrected chi connectivity index (χ0v) is 15.0. The van der Waals surface area contributed by atoms with Gasteiger partial charge < -0.3 is 5.32 Å². The van der Waals surface area contributed by atoms with Crippen molar-refractivity contribution in [2.45, 2.75) is 0 Å². The van der Waals surface area contributed by atoms with Crippen LogP contribution in [0.1, 0.15) is 10.4 Å². The molecule has 124 valence electrons. The van der Waals surface area contributed by atoms with Crippen LogP contribution < -0.4 is 5.32 Å². The summed E-state index contributed by atoms with van der Waals surface area (Å²) >= 11 is 6.43. The first-order valence-corrected chi connectivity index (χ1v) is 8.03. The highest BCUT2D eigenvalue weighted by Gasteiger charge is 2.15. The normalized spacial score (nSPS) is 10.2. The average Bonchev–Trinajstić information content (AvgIpc) is 2.53. The number of hydrogen-bond donors (Lipinski definition) is 1. The maximum atomic E-state index is 12.1. The number of carbonyl (C=O) groups is 1. The monoisotopic (exact) mass is 457 g/mol. The molecule has 0 spiro atoms. The molecule has 8 nitrogen and oxygen atoms in total. The van der Waals surface area contributed by atoms with E-state index in [4.69, 9.17) is 0 Å². The van der Waals surface area contributed by atoms with Crippen LogP contribution in [-0.4, -0.2) is 22.2 Å². The Balaban J connectivity index is 2.11. The van der Waals surface area contributed by atoms with Gasteiger partial charge in [0.1, 0.15) is 0 Å². The lowest BCUT2D eigenvalue weighted by molar-refractivity contribution is -0.385. The summed E-state index contributed by atoms with van der Waals surface area (Å²) in [5, 5.41) is 24.3. The lowest BCUT2D eigenvalue weighted by atomic mass is 10.1. The third-order valence-corrected chi connectivity index (χ3v) is 4.31. The molecule has 2 aromatic carbocycles. The Labute approximate surface area is 152 Å². The van der Waals surface area contributed by atoms with Gasteiger partial charge >= 0.3 is 0 Å². The predicted octanol–water partition coefficient (Wildman–Crippen LogP) is 4.32. The second kappa shape index (κ2) is 7.49. The van der Waals surface area contributed by atoms with Gasteiger partial charge in [0.2, 0.25) is 0 Å². The van der Waals surface area contributed by atoms with E-state index in [-0.39, 0.29) is 23.7 Å². The van der Waals surface area contributed by atoms with Crippen molar-refractivity contribution < 1.29 is 14.6 Å². The van der Waals surface area contributed by atoms with E-state index in [0.717, 1.165) is 0 Å². The molecule has 2 aromatic rings. The molecule has 1 N–H and O–H groups in total. The highest BCUT2D eigenvalue weighted by atomic mass is 79.9. The summed E-state index contributed by atoms with van der Waals surface area (Å²) in [4.78, 5) is 32.4. The third-order valence-electron chi connectivity index (χ3n) is 3.06. The Kier molecular flexibility index (Phi) is 5.62. The highest BCUT2D eigenvalue weighted by molar-refractivity contribution is 9.11. The minimum atomic E-state index is -0.544. The number of nitro benzene ring substituents is 2. The quantitative estimate of drug-likeness (QED) is 0.391. The van der Waals surface area contributed by atoms with E-state index < -0.39 is 9.85 Å². The summed E-state index contributed by atoms with van der Waals surface area (Å²) in [5.74, 6) is -0.276. The number of ketones is 1. The van der Waals surface area contributed by atoms with Gasteiger partial charge in [-0.1, -0.05) is 0 Å². The lowest BCUT2D eigenvalue weighted by Gasteiger charge is -2.10. The average molecular weight is 459 g/mol. The molecular weight excluding hydrogens is 450 g/mol. The summed E-state index contributed by atoms with van der Waals surface area (Å²) in [6, 6.07) is 7.91. The van der Waals surface area contributed by atoms with Gasteiger partial charge in [0, 0.05) is 38.8 Å². The molecule has 0 saturated heterocycles. The maximum Gasteiger partial charge on any atom is 0.271 e. The molecule has 0 atom stereocenters. The van der Waals surface area contributed by atoms with E-state index in [1.54, 1.807) is 0 Å². The zero-order valence-electron chi connectivity index (χ0n) is 11.9. The van der Waals surface area contributed by atoms with Gasteiger partial charge in [-0.25, -0.2) is 0 Å². The Morgan fingerprint density at radius 1 is 0.958 bits per heavy atom. The number of carbonyl (C=O) groups excluding carboxylic acids is 1. The van der Waals surface area contributed by atoms with E-state index in [2.05, 4.69) is 37.2 Å². The van der Waals surface area contributed by atoms with Gasteiger partial charge in [0.25, 0.3) is 11.4 Å². The SMILES string of the molecule is O=C(CNc1c(Br)cc([N+](=O)[O-])cc1Br)c1ccc([N+](=O)[O-])cc1. The van der Waals surface area contributed by atoms with Crippen LogP contribution >= 0.6 is 31.9 Å². The minimum absolute atomic E-state index is 0.0766. The van der Waals surface area contributed by atoms with Crippen LogP contribution in [0.2, 0.25) is 0 Å². The molecule has 0 aliphatic rings. The van der Waals surface area contributed by atoms with Gasteiger partial charge in [-0.15, -0.1) is 0 Å². The standard InChI is InChI=1S/C14H9Br2N3O5/c15-11-5-10(19(23)24)6-12(16)14(11)17-7-13(20)8-1-3-9(4-2-8)18(21)22/h1-6,17H,7H2. The van der Waals surface area contributed by atoms with E-state index in [1.807, 2.05) is 0 Å². The first-order chi connectivity index (χ1) is 11.3. The fourth-order valence-corrected chi connectivity index (χ4v) is 3.32. The molecule has 10 heteroatoms. The van der Waals surface area contributed by atoms with Crippen LogP contribution in [0, 0.1) is 20.2 Å². The fourth-order valence-electron chi connectivity index (χ4n) is 1.87. The van der Waals surface area contributed by atoms with E-state index in [9.17, 15) is 25.0 Å². The minimum Gasteiger partial charge on any atom is -0.376 e. The Morgan fingerprint density at radius 3 is 1.92 bits per heavy atom. The molecule has 0 aromatic heterocycles. The first-order valence-electron chi connectivity index (χ1n) is 6.44. The number of nitrogens with one attached hydrogen (secondary N) is 1. The van der Waals surface area contributed by atoms with Gasteiger partial charge in [0.15, 0.2) is 5.78 Å². The second-order valence-electron chi connectivity index (χ2n) is 4.62. The van der Waals surface area contributed by atoms with Crippen LogP contribution in [0.5, 0.6) is 0 Å². The Bertz CT molecular complexity index is 801. The molecule has 0 aliphatic carbocycles. The summed E-state index contributed by atoms with van der Waals surface area (Å²) in [6.45, 7) is -0.0766. The molecule has 0 heterocycles. The summed E-state index contributed by atoms with van der Waals surface area (Å²) in [6.07, 6.45) is 0. The van der Waals surface area contributed by atoms with Crippen molar-refractivity contribution in [3.05, 3.63) is 71.1 Å². The number of halogens is 2. The van der Waals surface area contributed by atoms with E-state index in [0.29, 0.717) is 20.2 Å². The summed E-state index contributed by atoms with van der Waals surface area (Å²) in [7, 11) is 0. The van der Waals surface area contributed by atoms with E-state index >= 15 is 0 Å². The molecule has 0 saturated carbocycles. The zero-order chi connectivity index (χ0) is 17.9. The molecular formula is C14H9Br2N3O5. The number of non-ortho nitro benzene ring substituents is 2. The molecule has 0 fully saturated rings. The van der Waals surface area contributed by atoms with Crippen molar-refractivity contribution in [1.82, 2.24) is 0 Å². The van der Waals surface area contributed by atoms with Crippen LogP contribution in [0.4, 0.5) is 17.1 Å². The molecule has 0 amide bonds. The summed E-state index contributed by atoms with van der Waals surface area (Å²) in [5.41, 5.74) is 0.625. The van der Waals surface area contributed by atoms with Crippen LogP contribution in [0.25, 0.3) is 0 Å². The number of hydrogen-bond acceptors (Lipinski definition) is 6. The maximum absolute atomic E-state index is 12.1. The van der Waals surface area contributed by atoms with Crippen molar-refractivity contribution in [3.63, 3.8) is 0 Å². The van der Waals surface area contributed by atoms with Crippen LogP contribution in [0.3, 0.4) is 0 Å². The van der Waals surface area contributed by atoms with Crippen molar-refractivity contribution in [1.29, 1.82) is 0 Å². The van der Waals surface area contributed by atoms with Gasteiger partial charge in [-0.3, -0.25) is 25.0 Å². The second-order valence-corrected chi connectivity index (χ2v) is 6.33. The van der Waals surface area contributed by atoms with Gasteiger partial charge in [0.05, 0.1) is 22.1 Å². The number of Topliss-reactive ketones (excluding diaryl/α,β-unsaturated/α-hetero) is 1. The third kappa shape index (κ3) is 4.15. The molecule has 0 bridgehead atoms. The number of nitrogens with zero attached hydrogens (tertiary/aromatic N) is 2. The number of nitro groups is 2.